The Labute approximate surface area is 119 Å². The Kier molecular flexibility index (Phi) is 4.55. The van der Waals surface area contributed by atoms with Crippen molar-refractivity contribution in [1.29, 1.82) is 0 Å². The number of hydrogen-bond acceptors (Lipinski definition) is 1. The molecule has 2 rings (SSSR count). The van der Waals surface area contributed by atoms with Gasteiger partial charge < -0.3 is 4.90 Å². The van der Waals surface area contributed by atoms with Crippen LogP contribution >= 0.6 is 15.9 Å². The van der Waals surface area contributed by atoms with Gasteiger partial charge in [-0.25, -0.2) is 8.78 Å². The maximum Gasteiger partial charge on any atom is 0.227 e. The predicted molar refractivity (Wildman–Crippen MR) is 72.7 cm³/mol. The van der Waals surface area contributed by atoms with Crippen molar-refractivity contribution in [1.82, 2.24) is 4.90 Å². The van der Waals surface area contributed by atoms with Gasteiger partial charge in [0.2, 0.25) is 5.91 Å². The van der Waals surface area contributed by atoms with Gasteiger partial charge in [0.05, 0.1) is 10.9 Å². The molecule has 1 aliphatic rings. The van der Waals surface area contributed by atoms with Crippen LogP contribution in [0.4, 0.5) is 8.78 Å². The number of carbonyl (C=O) groups is 1. The van der Waals surface area contributed by atoms with Gasteiger partial charge in [-0.1, -0.05) is 6.92 Å². The zero-order chi connectivity index (χ0) is 14.0. The van der Waals surface area contributed by atoms with Crippen molar-refractivity contribution in [2.45, 2.75) is 26.2 Å². The number of benzene rings is 1. The molecule has 1 aromatic carbocycles. The van der Waals surface area contributed by atoms with Crippen LogP contribution < -0.4 is 0 Å². The van der Waals surface area contributed by atoms with Crippen LogP contribution in [-0.4, -0.2) is 23.9 Å². The maximum atomic E-state index is 13.7. The van der Waals surface area contributed by atoms with Crippen molar-refractivity contribution in [3.05, 3.63) is 33.8 Å². The summed E-state index contributed by atoms with van der Waals surface area (Å²) in [7, 11) is 0. The van der Waals surface area contributed by atoms with Crippen molar-refractivity contribution in [3.8, 4) is 0 Å². The first-order valence-electron chi connectivity index (χ1n) is 6.38. The van der Waals surface area contributed by atoms with Crippen LogP contribution in [0.1, 0.15) is 25.3 Å². The number of rotatable bonds is 2. The van der Waals surface area contributed by atoms with E-state index in [2.05, 4.69) is 22.9 Å². The number of piperidine rings is 1. The fraction of sp³-hybridized carbons (Fsp3) is 0.500. The number of halogens is 3. The van der Waals surface area contributed by atoms with Crippen molar-refractivity contribution < 1.29 is 13.6 Å². The van der Waals surface area contributed by atoms with Crippen molar-refractivity contribution in [2.75, 3.05) is 13.1 Å². The summed E-state index contributed by atoms with van der Waals surface area (Å²) in [5.41, 5.74) is 0.115. The highest BCUT2D eigenvalue weighted by atomic mass is 79.9. The smallest absolute Gasteiger partial charge is 0.227 e. The van der Waals surface area contributed by atoms with E-state index in [9.17, 15) is 13.6 Å². The first kappa shape index (κ1) is 14.4. The first-order valence-corrected chi connectivity index (χ1v) is 7.18. The molecule has 0 bridgehead atoms. The molecular formula is C14H16BrF2NO. The van der Waals surface area contributed by atoms with Crippen LogP contribution in [0, 0.1) is 17.6 Å². The molecule has 1 amide bonds. The first-order chi connectivity index (χ1) is 8.97. The maximum absolute atomic E-state index is 13.7. The van der Waals surface area contributed by atoms with Crippen molar-refractivity contribution >= 4 is 21.8 Å². The lowest BCUT2D eigenvalue weighted by atomic mass is 9.99. The summed E-state index contributed by atoms with van der Waals surface area (Å²) >= 11 is 2.92. The second kappa shape index (κ2) is 5.99. The SMILES string of the molecule is CC1CCCN(C(=O)Cc2cc(F)c(Br)cc2F)C1. The number of nitrogens with zero attached hydrogens (tertiary/aromatic N) is 1. The van der Waals surface area contributed by atoms with Crippen LogP contribution in [0.5, 0.6) is 0 Å². The van der Waals surface area contributed by atoms with Gasteiger partial charge in [0.1, 0.15) is 11.6 Å². The Morgan fingerprint density at radius 1 is 1.42 bits per heavy atom. The lowest BCUT2D eigenvalue weighted by Crippen LogP contribution is -2.40. The number of likely N-dealkylation sites (tertiary alicyclic amines) is 1. The van der Waals surface area contributed by atoms with E-state index in [-0.39, 0.29) is 22.4 Å². The topological polar surface area (TPSA) is 20.3 Å². The average Bonchev–Trinajstić information content (AvgIpc) is 2.36. The fourth-order valence-corrected chi connectivity index (χ4v) is 2.71. The second-order valence-electron chi connectivity index (χ2n) is 5.12. The molecule has 0 saturated carbocycles. The van der Waals surface area contributed by atoms with Crippen LogP contribution in [0.2, 0.25) is 0 Å². The van der Waals surface area contributed by atoms with Gasteiger partial charge in [-0.3, -0.25) is 4.79 Å². The molecular weight excluding hydrogens is 316 g/mol. The molecule has 0 aliphatic carbocycles. The molecule has 0 N–H and O–H groups in total. The highest BCUT2D eigenvalue weighted by Crippen LogP contribution is 2.22. The largest absolute Gasteiger partial charge is 0.342 e. The quantitative estimate of drug-likeness (QED) is 0.759. The van der Waals surface area contributed by atoms with Gasteiger partial charge >= 0.3 is 0 Å². The molecule has 1 heterocycles. The highest BCUT2D eigenvalue weighted by Gasteiger charge is 2.22. The van der Waals surface area contributed by atoms with E-state index in [0.29, 0.717) is 19.0 Å². The number of amides is 1. The molecule has 1 aromatic rings. The minimum Gasteiger partial charge on any atom is -0.342 e. The Morgan fingerprint density at radius 3 is 2.84 bits per heavy atom. The zero-order valence-electron chi connectivity index (χ0n) is 10.8. The second-order valence-corrected chi connectivity index (χ2v) is 5.98. The van der Waals surface area contributed by atoms with E-state index in [4.69, 9.17) is 0 Å². The van der Waals surface area contributed by atoms with Crippen LogP contribution in [0.25, 0.3) is 0 Å². The third-order valence-electron chi connectivity index (χ3n) is 3.44. The third-order valence-corrected chi connectivity index (χ3v) is 4.05. The molecule has 1 atom stereocenters. The fourth-order valence-electron chi connectivity index (χ4n) is 2.39. The Balaban J connectivity index is 2.08. The third kappa shape index (κ3) is 3.53. The standard InChI is InChI=1S/C14H16BrF2NO/c1-9-3-2-4-18(8-9)14(19)6-10-5-13(17)11(15)7-12(10)16/h5,7,9H,2-4,6,8H2,1H3. The Hall–Kier alpha value is -0.970. The summed E-state index contributed by atoms with van der Waals surface area (Å²) in [4.78, 5) is 13.8. The van der Waals surface area contributed by atoms with Crippen LogP contribution in [0.3, 0.4) is 0 Å². The molecule has 5 heteroatoms. The Bertz CT molecular complexity index is 493. The van der Waals surface area contributed by atoms with Crippen molar-refractivity contribution in [2.24, 2.45) is 5.92 Å². The monoisotopic (exact) mass is 331 g/mol. The van der Waals surface area contributed by atoms with E-state index >= 15 is 0 Å². The predicted octanol–water partition coefficient (Wildman–Crippen LogP) is 3.53. The van der Waals surface area contributed by atoms with E-state index in [0.717, 1.165) is 25.0 Å². The number of hydrogen-bond donors (Lipinski definition) is 0. The Morgan fingerprint density at radius 2 is 2.16 bits per heavy atom. The summed E-state index contributed by atoms with van der Waals surface area (Å²) in [5, 5.41) is 0. The summed E-state index contributed by atoms with van der Waals surface area (Å²) in [6, 6.07) is 2.15. The molecule has 0 aromatic heterocycles. The van der Waals surface area contributed by atoms with Gasteiger partial charge in [0.15, 0.2) is 0 Å². The molecule has 1 saturated heterocycles. The molecule has 19 heavy (non-hydrogen) atoms. The van der Waals surface area contributed by atoms with Crippen molar-refractivity contribution in [3.63, 3.8) is 0 Å². The molecule has 1 unspecified atom stereocenters. The highest BCUT2D eigenvalue weighted by molar-refractivity contribution is 9.10. The summed E-state index contributed by atoms with van der Waals surface area (Å²) in [6.07, 6.45) is 2.01. The molecule has 0 radical (unpaired) electrons. The zero-order valence-corrected chi connectivity index (χ0v) is 12.3. The molecule has 1 aliphatic heterocycles. The van der Waals surface area contributed by atoms with E-state index in [1.54, 1.807) is 4.90 Å². The average molecular weight is 332 g/mol. The lowest BCUT2D eigenvalue weighted by molar-refractivity contribution is -0.132. The molecule has 0 spiro atoms. The molecule has 2 nitrogen and oxygen atoms in total. The molecule has 1 fully saturated rings. The molecule has 104 valence electrons. The van der Waals surface area contributed by atoms with Crippen LogP contribution in [0.15, 0.2) is 16.6 Å². The van der Waals surface area contributed by atoms with E-state index < -0.39 is 11.6 Å². The van der Waals surface area contributed by atoms with Gasteiger partial charge in [-0.15, -0.1) is 0 Å². The van der Waals surface area contributed by atoms with Crippen LogP contribution in [-0.2, 0) is 11.2 Å². The van der Waals surface area contributed by atoms with Gasteiger partial charge in [-0.2, -0.15) is 0 Å². The summed E-state index contributed by atoms with van der Waals surface area (Å²) in [6.45, 7) is 3.52. The lowest BCUT2D eigenvalue weighted by Gasteiger charge is -2.31. The normalized spacial score (nSPS) is 19.6. The summed E-state index contributed by atoms with van der Waals surface area (Å²) < 4.78 is 27.1. The number of carbonyl (C=O) groups excluding carboxylic acids is 1. The summed E-state index contributed by atoms with van der Waals surface area (Å²) in [5.74, 6) is -0.751. The van der Waals surface area contributed by atoms with Gasteiger partial charge in [0.25, 0.3) is 0 Å². The minimum atomic E-state index is -0.549. The van der Waals surface area contributed by atoms with Gasteiger partial charge in [-0.05, 0) is 46.8 Å². The van der Waals surface area contributed by atoms with Gasteiger partial charge in [0, 0.05) is 18.7 Å². The van der Waals surface area contributed by atoms with E-state index in [1.807, 2.05) is 0 Å². The van der Waals surface area contributed by atoms with E-state index in [1.165, 1.54) is 0 Å². The minimum absolute atomic E-state index is 0.0767.